The van der Waals surface area contributed by atoms with Crippen molar-refractivity contribution in [2.45, 2.75) is 40.0 Å². The number of rotatable bonds is 4. The zero-order valence-electron chi connectivity index (χ0n) is 15.4. The molecule has 0 heterocycles. The van der Waals surface area contributed by atoms with Gasteiger partial charge in [-0.15, -0.1) is 0 Å². The Morgan fingerprint density at radius 2 is 1.40 bits per heavy atom. The maximum Gasteiger partial charge on any atom is 0.0162 e. The van der Waals surface area contributed by atoms with Crippen LogP contribution in [0.5, 0.6) is 0 Å². The Hall–Kier alpha value is -1.61. The monoisotopic (exact) mass is 440 g/mol. The van der Waals surface area contributed by atoms with Gasteiger partial charge in [-0.2, -0.15) is 0 Å². The van der Waals surface area contributed by atoms with Crippen molar-refractivity contribution in [1.82, 2.24) is 0 Å². The zero-order chi connectivity index (χ0) is 18.0. The largest absolute Gasteiger partial charge is 0.0617 e. The molecule has 0 aliphatic carbocycles. The molecule has 0 aromatic heterocycles. The van der Waals surface area contributed by atoms with Crippen LogP contribution >= 0.6 is 22.6 Å². The summed E-state index contributed by atoms with van der Waals surface area (Å²) in [6, 6.07) is 22.7. The van der Waals surface area contributed by atoms with E-state index in [4.69, 9.17) is 0 Å². The molecule has 0 nitrogen and oxygen atoms in total. The van der Waals surface area contributed by atoms with Gasteiger partial charge in [0.1, 0.15) is 0 Å². The topological polar surface area (TPSA) is 0 Å². The van der Waals surface area contributed by atoms with Gasteiger partial charge in [-0.05, 0) is 90.6 Å². The SMILES string of the molecule is Cc1cccc([C@@H](Cc2cc(C)ccc2C)c2ccc(C)c(I)c2)c1. The second kappa shape index (κ2) is 7.74. The molecule has 0 aliphatic rings. The van der Waals surface area contributed by atoms with E-state index in [-0.39, 0.29) is 0 Å². The molecule has 0 fully saturated rings. The third kappa shape index (κ3) is 4.33. The van der Waals surface area contributed by atoms with E-state index in [1.165, 1.54) is 42.5 Å². The highest BCUT2D eigenvalue weighted by Gasteiger charge is 2.17. The lowest BCUT2D eigenvalue weighted by Crippen LogP contribution is -2.07. The van der Waals surface area contributed by atoms with Gasteiger partial charge >= 0.3 is 0 Å². The number of hydrogen-bond acceptors (Lipinski definition) is 0. The molecular formula is C24H25I. The van der Waals surface area contributed by atoms with Crippen molar-refractivity contribution in [2.75, 3.05) is 0 Å². The van der Waals surface area contributed by atoms with Crippen molar-refractivity contribution in [2.24, 2.45) is 0 Å². The smallest absolute Gasteiger partial charge is 0.0162 e. The zero-order valence-corrected chi connectivity index (χ0v) is 17.6. The predicted octanol–water partition coefficient (Wildman–Crippen LogP) is 6.90. The lowest BCUT2D eigenvalue weighted by molar-refractivity contribution is 0.797. The highest BCUT2D eigenvalue weighted by molar-refractivity contribution is 14.1. The number of aryl methyl sites for hydroxylation is 4. The third-order valence-corrected chi connectivity index (χ3v) is 6.13. The Kier molecular flexibility index (Phi) is 5.63. The molecule has 0 saturated heterocycles. The van der Waals surface area contributed by atoms with Crippen LogP contribution in [0.1, 0.15) is 44.9 Å². The van der Waals surface area contributed by atoms with E-state index in [0.717, 1.165) is 6.42 Å². The first-order valence-electron chi connectivity index (χ1n) is 8.83. The van der Waals surface area contributed by atoms with Crippen LogP contribution in [0.2, 0.25) is 0 Å². The minimum absolute atomic E-state index is 0.384. The molecule has 128 valence electrons. The summed E-state index contributed by atoms with van der Waals surface area (Å²) in [5.74, 6) is 0.384. The van der Waals surface area contributed by atoms with Gasteiger partial charge in [-0.25, -0.2) is 0 Å². The Morgan fingerprint density at radius 1 is 0.720 bits per heavy atom. The second-order valence-corrected chi connectivity index (χ2v) is 8.27. The molecule has 25 heavy (non-hydrogen) atoms. The summed E-state index contributed by atoms with van der Waals surface area (Å²) < 4.78 is 1.34. The quantitative estimate of drug-likeness (QED) is 0.387. The second-order valence-electron chi connectivity index (χ2n) is 7.11. The molecule has 0 spiro atoms. The van der Waals surface area contributed by atoms with Crippen LogP contribution in [-0.2, 0) is 6.42 Å². The summed E-state index contributed by atoms with van der Waals surface area (Å²) >= 11 is 2.45. The normalized spacial score (nSPS) is 12.2. The van der Waals surface area contributed by atoms with Gasteiger partial charge in [0.15, 0.2) is 0 Å². The Morgan fingerprint density at radius 3 is 2.12 bits per heavy atom. The summed E-state index contributed by atoms with van der Waals surface area (Å²) in [6.45, 7) is 8.76. The van der Waals surface area contributed by atoms with Gasteiger partial charge in [0, 0.05) is 9.49 Å². The van der Waals surface area contributed by atoms with Gasteiger partial charge in [0.25, 0.3) is 0 Å². The fourth-order valence-corrected chi connectivity index (χ4v) is 3.92. The molecule has 0 radical (unpaired) electrons. The summed E-state index contributed by atoms with van der Waals surface area (Å²) in [7, 11) is 0. The molecule has 0 aliphatic heterocycles. The van der Waals surface area contributed by atoms with Gasteiger partial charge < -0.3 is 0 Å². The third-order valence-electron chi connectivity index (χ3n) is 4.97. The van der Waals surface area contributed by atoms with Crippen molar-refractivity contribution in [1.29, 1.82) is 0 Å². The van der Waals surface area contributed by atoms with E-state index in [1.54, 1.807) is 0 Å². The molecule has 0 amide bonds. The average Bonchev–Trinajstić information content (AvgIpc) is 2.58. The van der Waals surface area contributed by atoms with Crippen molar-refractivity contribution in [3.8, 4) is 0 Å². The van der Waals surface area contributed by atoms with E-state index < -0.39 is 0 Å². The number of benzene rings is 3. The van der Waals surface area contributed by atoms with Crippen LogP contribution in [0, 0.1) is 31.3 Å². The summed E-state index contributed by atoms with van der Waals surface area (Å²) in [5.41, 5.74) is 9.64. The van der Waals surface area contributed by atoms with E-state index in [1.807, 2.05) is 0 Å². The van der Waals surface area contributed by atoms with Gasteiger partial charge in [-0.3, -0.25) is 0 Å². The fourth-order valence-electron chi connectivity index (χ4n) is 3.38. The number of hydrogen-bond donors (Lipinski definition) is 0. The Balaban J connectivity index is 2.08. The van der Waals surface area contributed by atoms with Crippen LogP contribution in [0.25, 0.3) is 0 Å². The lowest BCUT2D eigenvalue weighted by atomic mass is 9.84. The summed E-state index contributed by atoms with van der Waals surface area (Å²) in [6.07, 6.45) is 1.04. The molecule has 1 atom stereocenters. The molecule has 3 rings (SSSR count). The standard InChI is InChI=1S/C24H25I/c1-16-6-5-7-20(12-16)23(21-11-10-19(4)24(25)15-21)14-22-13-17(2)8-9-18(22)3/h5-13,15,23H,14H2,1-4H3/t23-/m1/s1. The first-order valence-corrected chi connectivity index (χ1v) is 9.90. The van der Waals surface area contributed by atoms with Gasteiger partial charge in [0.05, 0.1) is 0 Å². The molecule has 0 unspecified atom stereocenters. The molecule has 3 aromatic carbocycles. The molecule has 0 bridgehead atoms. The fraction of sp³-hybridized carbons (Fsp3) is 0.250. The van der Waals surface area contributed by atoms with E-state index in [2.05, 4.69) is 111 Å². The van der Waals surface area contributed by atoms with E-state index in [9.17, 15) is 0 Å². The van der Waals surface area contributed by atoms with Gasteiger partial charge in [-0.1, -0.05) is 65.7 Å². The molecular weight excluding hydrogens is 415 g/mol. The van der Waals surface area contributed by atoms with Gasteiger partial charge in [0.2, 0.25) is 0 Å². The lowest BCUT2D eigenvalue weighted by Gasteiger charge is -2.21. The van der Waals surface area contributed by atoms with E-state index >= 15 is 0 Å². The summed E-state index contributed by atoms with van der Waals surface area (Å²) in [5, 5.41) is 0. The van der Waals surface area contributed by atoms with Crippen LogP contribution in [-0.4, -0.2) is 0 Å². The molecule has 3 aromatic rings. The predicted molar refractivity (Wildman–Crippen MR) is 117 cm³/mol. The maximum absolute atomic E-state index is 2.45. The average molecular weight is 440 g/mol. The molecule has 0 saturated carbocycles. The highest BCUT2D eigenvalue weighted by atomic mass is 127. The van der Waals surface area contributed by atoms with Crippen molar-refractivity contribution >= 4 is 22.6 Å². The van der Waals surface area contributed by atoms with Crippen molar-refractivity contribution < 1.29 is 0 Å². The van der Waals surface area contributed by atoms with Crippen LogP contribution < -0.4 is 0 Å². The first-order chi connectivity index (χ1) is 11.9. The Labute approximate surface area is 165 Å². The minimum Gasteiger partial charge on any atom is -0.0617 e. The molecule has 0 N–H and O–H groups in total. The van der Waals surface area contributed by atoms with Crippen LogP contribution in [0.3, 0.4) is 0 Å². The molecule has 1 heteroatoms. The van der Waals surface area contributed by atoms with E-state index in [0.29, 0.717) is 5.92 Å². The summed E-state index contributed by atoms with van der Waals surface area (Å²) in [4.78, 5) is 0. The van der Waals surface area contributed by atoms with Crippen LogP contribution in [0.15, 0.2) is 60.7 Å². The maximum atomic E-state index is 2.45. The minimum atomic E-state index is 0.384. The number of halogens is 1. The van der Waals surface area contributed by atoms with Crippen LogP contribution in [0.4, 0.5) is 0 Å². The highest BCUT2D eigenvalue weighted by Crippen LogP contribution is 2.32. The van der Waals surface area contributed by atoms with Crippen molar-refractivity contribution in [3.05, 3.63) is 103 Å². The van der Waals surface area contributed by atoms with Crippen molar-refractivity contribution in [3.63, 3.8) is 0 Å². The Bertz CT molecular complexity index is 892. The first kappa shape index (κ1) is 18.2.